The van der Waals surface area contributed by atoms with Crippen molar-refractivity contribution in [2.24, 2.45) is 0 Å². The zero-order chi connectivity index (χ0) is 21.2. The summed E-state index contributed by atoms with van der Waals surface area (Å²) in [6.45, 7) is 3.20. The lowest BCUT2D eigenvalue weighted by atomic mass is 10.1. The Morgan fingerprint density at radius 1 is 0.935 bits per heavy atom. The predicted molar refractivity (Wildman–Crippen MR) is 124 cm³/mol. The molecule has 0 saturated carbocycles. The Balaban J connectivity index is 1.33. The molecule has 158 valence electrons. The molecule has 0 aliphatic carbocycles. The molecule has 5 rings (SSSR count). The Hall–Kier alpha value is -3.12. The lowest BCUT2D eigenvalue weighted by Crippen LogP contribution is -2.49. The van der Waals surface area contributed by atoms with Crippen LogP contribution in [0.4, 0.5) is 10.1 Å². The first-order valence-electron chi connectivity index (χ1n) is 10.6. The van der Waals surface area contributed by atoms with E-state index in [1.165, 1.54) is 11.6 Å². The summed E-state index contributed by atoms with van der Waals surface area (Å²) in [6.07, 6.45) is 0.877. The third-order valence-electron chi connectivity index (χ3n) is 5.97. The summed E-state index contributed by atoms with van der Waals surface area (Å²) in [5.41, 5.74) is 3.74. The van der Waals surface area contributed by atoms with Crippen molar-refractivity contribution in [3.63, 3.8) is 0 Å². The van der Waals surface area contributed by atoms with Crippen LogP contribution in [0, 0.1) is 5.82 Å². The van der Waals surface area contributed by atoms with E-state index in [2.05, 4.69) is 28.1 Å². The van der Waals surface area contributed by atoms with Gasteiger partial charge in [0.15, 0.2) is 0 Å². The standard InChI is InChI=1S/C25H24FN3OS/c26-20-8-4-5-9-21(20)27-13-15-28(16-14-27)25(30)23-18-24-22(11-17-31-24)29(23)12-10-19-6-2-1-3-7-19/h1-9,11,17-18H,10,12-16H2. The minimum absolute atomic E-state index is 0.0599. The molecule has 0 bridgehead atoms. The lowest BCUT2D eigenvalue weighted by molar-refractivity contribution is 0.0736. The van der Waals surface area contributed by atoms with Crippen LogP contribution in [-0.2, 0) is 13.0 Å². The van der Waals surface area contributed by atoms with Gasteiger partial charge in [-0.05, 0) is 41.6 Å². The van der Waals surface area contributed by atoms with E-state index >= 15 is 0 Å². The number of para-hydroxylation sites is 1. The summed E-state index contributed by atoms with van der Waals surface area (Å²) in [7, 11) is 0. The number of rotatable bonds is 5. The van der Waals surface area contributed by atoms with Gasteiger partial charge < -0.3 is 14.4 Å². The van der Waals surface area contributed by atoms with Gasteiger partial charge in [-0.2, -0.15) is 0 Å². The van der Waals surface area contributed by atoms with E-state index in [9.17, 15) is 9.18 Å². The van der Waals surface area contributed by atoms with Gasteiger partial charge in [-0.15, -0.1) is 11.3 Å². The van der Waals surface area contributed by atoms with E-state index in [4.69, 9.17) is 0 Å². The number of anilines is 1. The highest BCUT2D eigenvalue weighted by Gasteiger charge is 2.26. The van der Waals surface area contributed by atoms with E-state index in [0.29, 0.717) is 31.9 Å². The first-order valence-corrected chi connectivity index (χ1v) is 11.5. The fraction of sp³-hybridized carbons (Fsp3) is 0.240. The molecule has 31 heavy (non-hydrogen) atoms. The van der Waals surface area contributed by atoms with Gasteiger partial charge in [0, 0.05) is 32.7 Å². The van der Waals surface area contributed by atoms with E-state index in [1.807, 2.05) is 40.1 Å². The number of carbonyl (C=O) groups is 1. The number of aromatic nitrogens is 1. The molecule has 0 spiro atoms. The molecule has 0 unspecified atom stereocenters. The van der Waals surface area contributed by atoms with Crippen molar-refractivity contribution < 1.29 is 9.18 Å². The van der Waals surface area contributed by atoms with Crippen LogP contribution in [0.2, 0.25) is 0 Å². The third-order valence-corrected chi connectivity index (χ3v) is 6.82. The number of hydrogen-bond donors (Lipinski definition) is 0. The molecule has 4 aromatic rings. The second-order valence-corrected chi connectivity index (χ2v) is 8.77. The second-order valence-electron chi connectivity index (χ2n) is 7.82. The Bertz CT molecular complexity index is 1190. The van der Waals surface area contributed by atoms with Crippen molar-refractivity contribution in [3.8, 4) is 0 Å². The molecule has 0 N–H and O–H groups in total. The molecule has 6 heteroatoms. The molecular weight excluding hydrogens is 409 g/mol. The molecule has 1 saturated heterocycles. The number of nitrogens with zero attached hydrogens (tertiary/aromatic N) is 3. The van der Waals surface area contributed by atoms with Crippen LogP contribution in [0.3, 0.4) is 0 Å². The molecule has 1 fully saturated rings. The van der Waals surface area contributed by atoms with Gasteiger partial charge in [-0.3, -0.25) is 4.79 Å². The van der Waals surface area contributed by atoms with Gasteiger partial charge in [0.2, 0.25) is 0 Å². The van der Waals surface area contributed by atoms with Crippen molar-refractivity contribution in [1.29, 1.82) is 0 Å². The fourth-order valence-corrected chi connectivity index (χ4v) is 5.12. The normalized spacial score (nSPS) is 14.4. The summed E-state index contributed by atoms with van der Waals surface area (Å²) in [5, 5.41) is 2.07. The average Bonchev–Trinajstić information content (AvgIpc) is 3.40. The fourth-order valence-electron chi connectivity index (χ4n) is 4.30. The van der Waals surface area contributed by atoms with Crippen molar-refractivity contribution in [1.82, 2.24) is 9.47 Å². The molecule has 0 radical (unpaired) electrons. The number of amides is 1. The van der Waals surface area contributed by atoms with Gasteiger partial charge in [-0.1, -0.05) is 42.5 Å². The van der Waals surface area contributed by atoms with Crippen LogP contribution in [-0.4, -0.2) is 41.6 Å². The van der Waals surface area contributed by atoms with Crippen molar-refractivity contribution in [2.75, 3.05) is 31.1 Å². The Labute approximate surface area is 185 Å². The lowest BCUT2D eigenvalue weighted by Gasteiger charge is -2.36. The third kappa shape index (κ3) is 3.95. The summed E-state index contributed by atoms with van der Waals surface area (Å²) >= 11 is 1.67. The van der Waals surface area contributed by atoms with Crippen molar-refractivity contribution in [3.05, 3.63) is 89.2 Å². The molecule has 1 amide bonds. The van der Waals surface area contributed by atoms with Crippen LogP contribution >= 0.6 is 11.3 Å². The zero-order valence-corrected chi connectivity index (χ0v) is 18.0. The summed E-state index contributed by atoms with van der Waals surface area (Å²) in [4.78, 5) is 17.3. The van der Waals surface area contributed by atoms with E-state index < -0.39 is 0 Å². The molecule has 1 aliphatic rings. The molecule has 2 aromatic heterocycles. The summed E-state index contributed by atoms with van der Waals surface area (Å²) in [5.74, 6) is -0.151. The SMILES string of the molecule is O=C(c1cc2sccc2n1CCc1ccccc1)N1CCN(c2ccccc2F)CC1. The average molecular weight is 434 g/mol. The highest BCUT2D eigenvalue weighted by Crippen LogP contribution is 2.27. The first kappa shape index (κ1) is 19.8. The monoisotopic (exact) mass is 433 g/mol. The number of hydrogen-bond acceptors (Lipinski definition) is 3. The summed E-state index contributed by atoms with van der Waals surface area (Å²) in [6, 6.07) is 21.3. The number of piperazine rings is 1. The second kappa shape index (κ2) is 8.55. The molecule has 4 nitrogen and oxygen atoms in total. The maximum absolute atomic E-state index is 14.1. The highest BCUT2D eigenvalue weighted by molar-refractivity contribution is 7.17. The van der Waals surface area contributed by atoms with Crippen LogP contribution in [0.15, 0.2) is 72.1 Å². The quantitative estimate of drug-likeness (QED) is 0.441. The summed E-state index contributed by atoms with van der Waals surface area (Å²) < 4.78 is 17.4. The van der Waals surface area contributed by atoms with Crippen molar-refractivity contribution >= 4 is 33.1 Å². The first-order chi connectivity index (χ1) is 15.2. The molecule has 2 aromatic carbocycles. The van der Waals surface area contributed by atoms with Crippen LogP contribution in [0.1, 0.15) is 16.1 Å². The number of thiophene rings is 1. The number of aryl methyl sites for hydroxylation is 2. The van der Waals surface area contributed by atoms with E-state index in [1.54, 1.807) is 23.5 Å². The van der Waals surface area contributed by atoms with Gasteiger partial charge in [-0.25, -0.2) is 4.39 Å². The van der Waals surface area contributed by atoms with Gasteiger partial charge >= 0.3 is 0 Å². The van der Waals surface area contributed by atoms with Crippen molar-refractivity contribution in [2.45, 2.75) is 13.0 Å². The largest absolute Gasteiger partial charge is 0.366 e. The highest BCUT2D eigenvalue weighted by atomic mass is 32.1. The molecule has 0 atom stereocenters. The smallest absolute Gasteiger partial charge is 0.270 e. The number of fused-ring (bicyclic) bond motifs is 1. The molecule has 3 heterocycles. The zero-order valence-electron chi connectivity index (χ0n) is 17.2. The van der Waals surface area contributed by atoms with Crippen LogP contribution in [0.25, 0.3) is 10.2 Å². The number of carbonyl (C=O) groups excluding carboxylic acids is 1. The minimum atomic E-state index is -0.211. The number of benzene rings is 2. The minimum Gasteiger partial charge on any atom is -0.366 e. The van der Waals surface area contributed by atoms with E-state index in [-0.39, 0.29) is 11.7 Å². The maximum atomic E-state index is 14.1. The van der Waals surface area contributed by atoms with Crippen LogP contribution in [0.5, 0.6) is 0 Å². The maximum Gasteiger partial charge on any atom is 0.270 e. The molecular formula is C25H24FN3OS. The van der Waals surface area contributed by atoms with Gasteiger partial charge in [0.1, 0.15) is 11.5 Å². The molecule has 1 aliphatic heterocycles. The van der Waals surface area contributed by atoms with Gasteiger partial charge in [0.05, 0.1) is 15.9 Å². The van der Waals surface area contributed by atoms with Gasteiger partial charge in [0.25, 0.3) is 5.91 Å². The van der Waals surface area contributed by atoms with Crippen LogP contribution < -0.4 is 4.90 Å². The Kier molecular flexibility index (Phi) is 5.47. The Morgan fingerprint density at radius 2 is 1.68 bits per heavy atom. The topological polar surface area (TPSA) is 28.5 Å². The van der Waals surface area contributed by atoms with E-state index in [0.717, 1.165) is 28.9 Å². The number of halogens is 1. The predicted octanol–water partition coefficient (Wildman–Crippen LogP) is 5.05. The Morgan fingerprint density at radius 3 is 2.45 bits per heavy atom.